The van der Waals surface area contributed by atoms with E-state index >= 15 is 0 Å². The average Bonchev–Trinajstić information content (AvgIpc) is 1.88. The highest BCUT2D eigenvalue weighted by atomic mass is 14.6. The maximum atomic E-state index is 5.13. The van der Waals surface area contributed by atoms with Gasteiger partial charge in [0.1, 0.15) is 0 Å². The molecule has 1 aromatic rings. The number of aromatic nitrogens is 1. The number of nitrogens with zero attached hydrogens (tertiary/aromatic N) is 1. The Morgan fingerprint density at radius 2 is 2.40 bits per heavy atom. The van der Waals surface area contributed by atoms with Crippen molar-refractivity contribution in [1.82, 2.24) is 4.98 Å². The topological polar surface area (TPSA) is 12.9 Å². The summed E-state index contributed by atoms with van der Waals surface area (Å²) in [7, 11) is 0. The molecule has 0 amide bonds. The number of terminal acetylenes is 1. The number of hydrogen-bond donors (Lipinski definition) is 0. The van der Waals surface area contributed by atoms with Gasteiger partial charge in [-0.15, -0.1) is 12.3 Å². The molecule has 0 fully saturated rings. The Morgan fingerprint density at radius 1 is 1.60 bits per heavy atom. The van der Waals surface area contributed by atoms with Gasteiger partial charge in [-0.25, -0.2) is 0 Å². The molecule has 1 aromatic heterocycles. The third kappa shape index (κ3) is 1.60. The monoisotopic (exact) mass is 131 g/mol. The molecule has 0 spiro atoms. The molecule has 0 aliphatic rings. The third-order valence-corrected chi connectivity index (χ3v) is 1.24. The zero-order chi connectivity index (χ0) is 7.40. The van der Waals surface area contributed by atoms with E-state index in [0.29, 0.717) is 6.42 Å². The predicted octanol–water partition coefficient (Wildman–Crippen LogP) is 1.57. The Balaban J connectivity index is 2.87. The van der Waals surface area contributed by atoms with Crippen LogP contribution in [-0.4, -0.2) is 4.98 Å². The highest BCUT2D eigenvalue weighted by molar-refractivity contribution is 5.20. The maximum Gasteiger partial charge on any atom is 0.0353 e. The normalized spacial score (nSPS) is 8.80. The van der Waals surface area contributed by atoms with Crippen molar-refractivity contribution in [2.45, 2.75) is 13.3 Å². The molecule has 1 nitrogen and oxygen atoms in total. The number of hydrogen-bond acceptors (Lipinski definition) is 1. The summed E-state index contributed by atoms with van der Waals surface area (Å²) in [6, 6.07) is 2.05. The van der Waals surface area contributed by atoms with E-state index in [0.717, 1.165) is 11.1 Å². The first-order valence-corrected chi connectivity index (χ1v) is 3.17. The molecule has 0 radical (unpaired) electrons. The van der Waals surface area contributed by atoms with Crippen LogP contribution < -0.4 is 0 Å². The summed E-state index contributed by atoms with van der Waals surface area (Å²) in [6.07, 6.45) is 9.43. The summed E-state index contributed by atoms with van der Waals surface area (Å²) in [5.41, 5.74) is 2.27. The number of pyridine rings is 1. The molecule has 0 atom stereocenters. The summed E-state index contributed by atoms with van der Waals surface area (Å²) < 4.78 is 0. The zero-order valence-electron chi connectivity index (χ0n) is 5.96. The smallest absolute Gasteiger partial charge is 0.0353 e. The molecular formula is C9H9N. The van der Waals surface area contributed by atoms with Crippen molar-refractivity contribution in [2.24, 2.45) is 0 Å². The van der Waals surface area contributed by atoms with E-state index in [1.54, 1.807) is 6.20 Å². The Hall–Kier alpha value is -1.29. The lowest BCUT2D eigenvalue weighted by Gasteiger charge is -1.94. The Morgan fingerprint density at radius 3 is 3.00 bits per heavy atom. The van der Waals surface area contributed by atoms with Gasteiger partial charge in [-0.2, -0.15) is 0 Å². The molecule has 10 heavy (non-hydrogen) atoms. The highest BCUT2D eigenvalue weighted by Gasteiger charge is 1.88. The Labute approximate surface area is 61.1 Å². The number of rotatable bonds is 1. The van der Waals surface area contributed by atoms with Crippen LogP contribution in [0.25, 0.3) is 0 Å². The fourth-order valence-electron chi connectivity index (χ4n) is 0.832. The van der Waals surface area contributed by atoms with Crippen molar-refractivity contribution in [1.29, 1.82) is 0 Å². The largest absolute Gasteiger partial charge is 0.264 e. The van der Waals surface area contributed by atoms with E-state index in [2.05, 4.69) is 10.9 Å². The van der Waals surface area contributed by atoms with Gasteiger partial charge in [0.15, 0.2) is 0 Å². The molecule has 0 aromatic carbocycles. The molecule has 0 aliphatic heterocycles. The van der Waals surface area contributed by atoms with Gasteiger partial charge in [0.05, 0.1) is 0 Å². The van der Waals surface area contributed by atoms with Crippen LogP contribution in [0.4, 0.5) is 0 Å². The van der Waals surface area contributed by atoms with Crippen LogP contribution in [0.3, 0.4) is 0 Å². The van der Waals surface area contributed by atoms with Crippen molar-refractivity contribution in [3.63, 3.8) is 0 Å². The predicted molar refractivity (Wildman–Crippen MR) is 41.5 cm³/mol. The van der Waals surface area contributed by atoms with Crippen molar-refractivity contribution in [3.8, 4) is 12.3 Å². The molecule has 50 valence electrons. The summed E-state index contributed by atoms with van der Waals surface area (Å²) >= 11 is 0. The minimum Gasteiger partial charge on any atom is -0.264 e. The quantitative estimate of drug-likeness (QED) is 0.527. The molecule has 0 aliphatic carbocycles. The second-order valence-corrected chi connectivity index (χ2v) is 2.25. The lowest BCUT2D eigenvalue weighted by Crippen LogP contribution is -1.84. The summed E-state index contributed by atoms with van der Waals surface area (Å²) in [4.78, 5) is 4.01. The van der Waals surface area contributed by atoms with Gasteiger partial charge >= 0.3 is 0 Å². The first-order valence-electron chi connectivity index (χ1n) is 3.17. The average molecular weight is 131 g/mol. The van der Waals surface area contributed by atoms with Crippen molar-refractivity contribution in [3.05, 3.63) is 29.6 Å². The maximum absolute atomic E-state index is 5.13. The van der Waals surface area contributed by atoms with E-state index in [9.17, 15) is 0 Å². The number of aryl methyl sites for hydroxylation is 1. The van der Waals surface area contributed by atoms with Gasteiger partial charge in [-0.3, -0.25) is 4.98 Å². The minimum atomic E-state index is 0.675. The molecule has 0 saturated heterocycles. The fraction of sp³-hybridized carbons (Fsp3) is 0.222. The van der Waals surface area contributed by atoms with Crippen molar-refractivity contribution < 1.29 is 0 Å². The lowest BCUT2D eigenvalue weighted by molar-refractivity contribution is 1.18. The van der Waals surface area contributed by atoms with Gasteiger partial charge < -0.3 is 0 Å². The summed E-state index contributed by atoms with van der Waals surface area (Å²) in [5.74, 6) is 2.57. The van der Waals surface area contributed by atoms with Crippen molar-refractivity contribution in [2.75, 3.05) is 0 Å². The highest BCUT2D eigenvalue weighted by Crippen LogP contribution is 2.00. The van der Waals surface area contributed by atoms with Gasteiger partial charge in [0.25, 0.3) is 0 Å². The van der Waals surface area contributed by atoms with Crippen LogP contribution in [-0.2, 0) is 6.42 Å². The summed E-state index contributed by atoms with van der Waals surface area (Å²) in [6.45, 7) is 2.01. The molecule has 1 heteroatoms. The first-order chi connectivity index (χ1) is 4.83. The second kappa shape index (κ2) is 3.03. The summed E-state index contributed by atoms with van der Waals surface area (Å²) in [5, 5.41) is 0. The second-order valence-electron chi connectivity index (χ2n) is 2.25. The Kier molecular flexibility index (Phi) is 2.07. The third-order valence-electron chi connectivity index (χ3n) is 1.24. The van der Waals surface area contributed by atoms with E-state index < -0.39 is 0 Å². The molecular weight excluding hydrogens is 122 g/mol. The van der Waals surface area contributed by atoms with Crippen LogP contribution in [0.2, 0.25) is 0 Å². The molecule has 1 rings (SSSR count). The van der Waals surface area contributed by atoms with E-state index in [4.69, 9.17) is 6.42 Å². The van der Waals surface area contributed by atoms with E-state index in [-0.39, 0.29) is 0 Å². The fourth-order valence-corrected chi connectivity index (χ4v) is 0.832. The van der Waals surface area contributed by atoms with Crippen LogP contribution >= 0.6 is 0 Å². The molecule has 0 saturated carbocycles. The van der Waals surface area contributed by atoms with Crippen LogP contribution in [0, 0.1) is 19.3 Å². The Bertz CT molecular complexity index is 258. The molecule has 0 unspecified atom stereocenters. The van der Waals surface area contributed by atoms with Crippen LogP contribution in [0.1, 0.15) is 11.1 Å². The molecule has 1 heterocycles. The van der Waals surface area contributed by atoms with Gasteiger partial charge in [0, 0.05) is 18.8 Å². The molecule has 0 N–H and O–H groups in total. The van der Waals surface area contributed by atoms with Gasteiger partial charge in [-0.1, -0.05) is 6.07 Å². The lowest BCUT2D eigenvalue weighted by atomic mass is 10.2. The minimum absolute atomic E-state index is 0.675. The standard InChI is InChI=1S/C9H9N/c1-3-4-9-5-8(2)6-10-7-9/h1,5-7H,4H2,2H3. The van der Waals surface area contributed by atoms with Crippen molar-refractivity contribution >= 4 is 0 Å². The first kappa shape index (κ1) is 6.82. The SMILES string of the molecule is C#CCc1cncc(C)c1. The van der Waals surface area contributed by atoms with E-state index in [1.807, 2.05) is 19.2 Å². The van der Waals surface area contributed by atoms with E-state index in [1.165, 1.54) is 0 Å². The van der Waals surface area contributed by atoms with Gasteiger partial charge in [-0.05, 0) is 18.1 Å². The molecule has 0 bridgehead atoms. The van der Waals surface area contributed by atoms with Gasteiger partial charge in [0.2, 0.25) is 0 Å². The zero-order valence-corrected chi connectivity index (χ0v) is 5.96. The van der Waals surface area contributed by atoms with Crippen LogP contribution in [0.15, 0.2) is 18.5 Å². The van der Waals surface area contributed by atoms with Crippen LogP contribution in [0.5, 0.6) is 0 Å².